The summed E-state index contributed by atoms with van der Waals surface area (Å²) in [5.41, 5.74) is 5.79. The van der Waals surface area contributed by atoms with Crippen molar-refractivity contribution in [3.05, 3.63) is 35.1 Å². The van der Waals surface area contributed by atoms with E-state index in [9.17, 15) is 4.39 Å². The van der Waals surface area contributed by atoms with E-state index in [4.69, 9.17) is 20.6 Å². The highest BCUT2D eigenvalue weighted by Gasteiger charge is 2.19. The lowest BCUT2D eigenvalue weighted by Crippen LogP contribution is -2.35. The zero-order valence-electron chi connectivity index (χ0n) is 8.70. The first-order valence-electron chi connectivity index (χ1n) is 4.99. The van der Waals surface area contributed by atoms with Gasteiger partial charge >= 0.3 is 0 Å². The number of halogens is 1. The van der Waals surface area contributed by atoms with Crippen molar-refractivity contribution in [1.82, 2.24) is 0 Å². The van der Waals surface area contributed by atoms with Crippen LogP contribution in [0.3, 0.4) is 0 Å². The highest BCUT2D eigenvalue weighted by Crippen LogP contribution is 2.16. The fourth-order valence-corrected chi connectivity index (χ4v) is 1.42. The van der Waals surface area contributed by atoms with Gasteiger partial charge in [-0.2, -0.15) is 0 Å². The summed E-state index contributed by atoms with van der Waals surface area (Å²) in [6, 6.07) is 4.77. The van der Waals surface area contributed by atoms with E-state index >= 15 is 0 Å². The molecule has 0 radical (unpaired) electrons. The monoisotopic (exact) mass is 224 g/mol. The molecule has 0 amide bonds. The summed E-state index contributed by atoms with van der Waals surface area (Å²) in [7, 11) is 0. The molecule has 1 saturated heterocycles. The van der Waals surface area contributed by atoms with E-state index in [2.05, 4.69) is 0 Å². The molecule has 1 fully saturated rings. The van der Waals surface area contributed by atoms with Crippen molar-refractivity contribution in [3.8, 4) is 0 Å². The Hall–Kier alpha value is -1.46. The van der Waals surface area contributed by atoms with Crippen molar-refractivity contribution < 1.29 is 13.9 Å². The van der Waals surface area contributed by atoms with Gasteiger partial charge in [-0.05, 0) is 6.07 Å². The van der Waals surface area contributed by atoms with Crippen molar-refractivity contribution in [2.24, 2.45) is 5.73 Å². The minimum absolute atomic E-state index is 0.0559. The maximum Gasteiger partial charge on any atom is 0.139 e. The molecule has 0 aromatic heterocycles. The lowest BCUT2D eigenvalue weighted by Gasteiger charge is -2.26. The molecule has 0 saturated carbocycles. The molecule has 16 heavy (non-hydrogen) atoms. The van der Waals surface area contributed by atoms with E-state index < -0.39 is 5.82 Å². The van der Waals surface area contributed by atoms with E-state index in [0.29, 0.717) is 18.8 Å². The average molecular weight is 224 g/mol. The lowest BCUT2D eigenvalue weighted by molar-refractivity contribution is -0.135. The van der Waals surface area contributed by atoms with Crippen LogP contribution < -0.4 is 5.73 Å². The van der Waals surface area contributed by atoms with Crippen LogP contribution in [-0.4, -0.2) is 25.2 Å². The van der Waals surface area contributed by atoms with Crippen molar-refractivity contribution >= 4 is 5.84 Å². The van der Waals surface area contributed by atoms with E-state index in [1.54, 1.807) is 12.1 Å². The largest absolute Gasteiger partial charge is 0.384 e. The molecule has 0 aliphatic carbocycles. The molecule has 4 nitrogen and oxygen atoms in total. The molecule has 1 aromatic rings. The van der Waals surface area contributed by atoms with Crippen LogP contribution in [0.1, 0.15) is 11.1 Å². The molecule has 0 bridgehead atoms. The normalized spacial score (nSPS) is 15.8. The third-order valence-corrected chi connectivity index (χ3v) is 2.45. The number of benzene rings is 1. The Kier molecular flexibility index (Phi) is 3.17. The van der Waals surface area contributed by atoms with Crippen LogP contribution in [0.4, 0.5) is 4.39 Å². The van der Waals surface area contributed by atoms with Crippen LogP contribution in [0.15, 0.2) is 18.2 Å². The molecule has 1 heterocycles. The van der Waals surface area contributed by atoms with Crippen LogP contribution in [0.25, 0.3) is 0 Å². The highest BCUT2D eigenvalue weighted by atomic mass is 19.1. The summed E-state index contributed by atoms with van der Waals surface area (Å²) in [6.45, 7) is 1.31. The van der Waals surface area contributed by atoms with Gasteiger partial charge in [0.05, 0.1) is 25.4 Å². The standard InChI is InChI=1S/C11H13FN2O2/c12-10-7(4-16-8-5-15-6-8)2-1-3-9(10)11(13)14/h1-3,8H,4-6H2,(H3,13,14). The summed E-state index contributed by atoms with van der Waals surface area (Å²) < 4.78 is 24.1. The predicted octanol–water partition coefficient (Wildman–Crippen LogP) is 1.03. The maximum absolute atomic E-state index is 13.8. The van der Waals surface area contributed by atoms with Crippen LogP contribution >= 0.6 is 0 Å². The Labute approximate surface area is 92.7 Å². The molecule has 2 rings (SSSR count). The van der Waals surface area contributed by atoms with Crippen LogP contribution in [-0.2, 0) is 16.1 Å². The summed E-state index contributed by atoms with van der Waals surface area (Å²) >= 11 is 0. The van der Waals surface area contributed by atoms with Gasteiger partial charge in [0.25, 0.3) is 0 Å². The van der Waals surface area contributed by atoms with Gasteiger partial charge in [-0.3, -0.25) is 5.41 Å². The highest BCUT2D eigenvalue weighted by molar-refractivity contribution is 5.95. The minimum Gasteiger partial charge on any atom is -0.384 e. The molecule has 1 aromatic carbocycles. The number of nitrogen functional groups attached to an aromatic ring is 1. The average Bonchev–Trinajstić information content (AvgIpc) is 2.17. The van der Waals surface area contributed by atoms with E-state index in [1.165, 1.54) is 6.07 Å². The SMILES string of the molecule is N=C(N)c1cccc(COC2COC2)c1F. The second-order valence-electron chi connectivity index (χ2n) is 3.66. The molecule has 0 atom stereocenters. The summed E-state index contributed by atoms with van der Waals surface area (Å²) in [5, 5.41) is 7.21. The number of rotatable bonds is 4. The molecule has 0 spiro atoms. The summed E-state index contributed by atoms with van der Waals surface area (Å²) in [4.78, 5) is 0. The number of amidine groups is 1. The molecule has 1 aliphatic heterocycles. The predicted molar refractivity (Wildman–Crippen MR) is 56.8 cm³/mol. The lowest BCUT2D eigenvalue weighted by atomic mass is 10.1. The Morgan fingerprint density at radius 2 is 2.31 bits per heavy atom. The Morgan fingerprint density at radius 1 is 1.56 bits per heavy atom. The van der Waals surface area contributed by atoms with E-state index in [0.717, 1.165) is 0 Å². The van der Waals surface area contributed by atoms with Crippen molar-refractivity contribution in [1.29, 1.82) is 5.41 Å². The second kappa shape index (κ2) is 4.59. The van der Waals surface area contributed by atoms with E-state index in [1.807, 2.05) is 0 Å². The Bertz CT molecular complexity index is 405. The van der Waals surface area contributed by atoms with Gasteiger partial charge in [-0.1, -0.05) is 12.1 Å². The fraction of sp³-hybridized carbons (Fsp3) is 0.364. The molecule has 0 unspecified atom stereocenters. The third-order valence-electron chi connectivity index (χ3n) is 2.45. The minimum atomic E-state index is -0.477. The number of hydrogen-bond donors (Lipinski definition) is 2. The van der Waals surface area contributed by atoms with Crippen LogP contribution in [0.5, 0.6) is 0 Å². The second-order valence-corrected chi connectivity index (χ2v) is 3.66. The molecule has 86 valence electrons. The third kappa shape index (κ3) is 2.20. The van der Waals surface area contributed by atoms with Crippen LogP contribution in [0.2, 0.25) is 0 Å². The first-order chi connectivity index (χ1) is 7.68. The number of ether oxygens (including phenoxy) is 2. The number of hydrogen-bond acceptors (Lipinski definition) is 3. The topological polar surface area (TPSA) is 68.3 Å². The zero-order valence-corrected chi connectivity index (χ0v) is 8.70. The first kappa shape index (κ1) is 11.0. The quantitative estimate of drug-likeness (QED) is 0.592. The van der Waals surface area contributed by atoms with Crippen LogP contribution in [0, 0.1) is 11.2 Å². The van der Waals surface area contributed by atoms with Crippen molar-refractivity contribution in [2.45, 2.75) is 12.7 Å². The van der Waals surface area contributed by atoms with Gasteiger partial charge in [-0.25, -0.2) is 4.39 Å². The van der Waals surface area contributed by atoms with Crippen molar-refractivity contribution in [3.63, 3.8) is 0 Å². The molecular weight excluding hydrogens is 211 g/mol. The van der Waals surface area contributed by atoms with Gasteiger partial charge < -0.3 is 15.2 Å². The van der Waals surface area contributed by atoms with Gasteiger partial charge in [-0.15, -0.1) is 0 Å². The molecule has 5 heteroatoms. The summed E-state index contributed by atoms with van der Waals surface area (Å²) in [5.74, 6) is -0.749. The number of nitrogens with two attached hydrogens (primary N) is 1. The van der Waals surface area contributed by atoms with Gasteiger partial charge in [0.15, 0.2) is 0 Å². The molecular formula is C11H13FN2O2. The Morgan fingerprint density at radius 3 is 2.88 bits per heavy atom. The maximum atomic E-state index is 13.8. The van der Waals surface area contributed by atoms with Crippen molar-refractivity contribution in [2.75, 3.05) is 13.2 Å². The first-order valence-corrected chi connectivity index (χ1v) is 4.99. The molecule has 1 aliphatic rings. The zero-order chi connectivity index (χ0) is 11.5. The van der Waals surface area contributed by atoms with Gasteiger partial charge in [0, 0.05) is 5.56 Å². The Balaban J connectivity index is 2.07. The number of nitrogens with one attached hydrogen (secondary N) is 1. The van der Waals surface area contributed by atoms with E-state index in [-0.39, 0.29) is 24.1 Å². The molecule has 3 N–H and O–H groups in total. The summed E-state index contributed by atoms with van der Waals surface area (Å²) in [6.07, 6.45) is 0.0559. The fourth-order valence-electron chi connectivity index (χ4n) is 1.42. The van der Waals surface area contributed by atoms with Gasteiger partial charge in [0.2, 0.25) is 0 Å². The van der Waals surface area contributed by atoms with Gasteiger partial charge in [0.1, 0.15) is 17.8 Å². The smallest absolute Gasteiger partial charge is 0.139 e.